The fourth-order valence-electron chi connectivity index (χ4n) is 1.69. The van der Waals surface area contributed by atoms with Crippen LogP contribution in [-0.4, -0.2) is 34.3 Å². The number of carbonyl (C=O) groups is 1. The second-order valence-electron chi connectivity index (χ2n) is 5.48. The van der Waals surface area contributed by atoms with Gasteiger partial charge in [-0.3, -0.25) is 9.00 Å². The lowest BCUT2D eigenvalue weighted by molar-refractivity contribution is -0.131. The summed E-state index contributed by atoms with van der Waals surface area (Å²) in [5, 5.41) is 2.78. The van der Waals surface area contributed by atoms with Crippen LogP contribution in [0.1, 0.15) is 32.4 Å². The molecule has 0 saturated carbocycles. The second-order valence-corrected chi connectivity index (χ2v) is 7.80. The molecule has 0 unspecified atom stereocenters. The highest BCUT2D eigenvalue weighted by Crippen LogP contribution is 2.16. The number of hydrogen-bond acceptors (Lipinski definition) is 3. The summed E-state index contributed by atoms with van der Waals surface area (Å²) in [7, 11) is 0.536. The molecule has 0 aliphatic carbocycles. The third-order valence-electron chi connectivity index (χ3n) is 2.85. The van der Waals surface area contributed by atoms with Crippen LogP contribution in [-0.2, 0) is 20.3 Å². The molecule has 0 spiro atoms. The van der Waals surface area contributed by atoms with E-state index in [1.807, 2.05) is 51.1 Å². The number of hydrogen-bond donors (Lipinski definition) is 1. The van der Waals surface area contributed by atoms with E-state index in [1.165, 1.54) is 7.11 Å². The van der Waals surface area contributed by atoms with Crippen LogP contribution in [0.3, 0.4) is 0 Å². The molecular weight excluding hydrogens is 274 g/mol. The van der Waals surface area contributed by atoms with Crippen molar-refractivity contribution in [2.24, 2.45) is 0 Å². The van der Waals surface area contributed by atoms with Crippen molar-refractivity contribution in [2.75, 3.05) is 19.4 Å². The molecule has 0 aliphatic heterocycles. The first kappa shape index (κ1) is 16.9. The molecule has 5 heteroatoms. The molecule has 0 saturated heterocycles. The van der Waals surface area contributed by atoms with Crippen LogP contribution >= 0.6 is 0 Å². The molecule has 0 aliphatic rings. The van der Waals surface area contributed by atoms with E-state index in [1.54, 1.807) is 0 Å². The fourth-order valence-corrected chi connectivity index (χ4v) is 2.59. The van der Waals surface area contributed by atoms with Gasteiger partial charge in [0.1, 0.15) is 0 Å². The number of amides is 1. The molecule has 0 fully saturated rings. The summed E-state index contributed by atoms with van der Waals surface area (Å²) >= 11 is 0. The van der Waals surface area contributed by atoms with Gasteiger partial charge in [0.25, 0.3) is 5.91 Å². The van der Waals surface area contributed by atoms with Crippen molar-refractivity contribution in [2.45, 2.75) is 31.6 Å². The maximum Gasteiger partial charge on any atom is 0.253 e. The summed E-state index contributed by atoms with van der Waals surface area (Å²) in [6.07, 6.45) is -0.626. The zero-order chi connectivity index (χ0) is 15.2. The minimum Gasteiger partial charge on any atom is -0.367 e. The van der Waals surface area contributed by atoms with Crippen molar-refractivity contribution in [1.29, 1.82) is 0 Å². The van der Waals surface area contributed by atoms with Crippen molar-refractivity contribution in [3.8, 4) is 0 Å². The highest BCUT2D eigenvalue weighted by atomic mass is 32.2. The average Bonchev–Trinajstić information content (AvgIpc) is 2.39. The average molecular weight is 297 g/mol. The molecule has 0 heterocycles. The maximum atomic E-state index is 12.1. The molecule has 0 radical (unpaired) electrons. The Hall–Kier alpha value is -1.20. The third kappa shape index (κ3) is 5.06. The van der Waals surface area contributed by atoms with Crippen molar-refractivity contribution in [3.05, 3.63) is 35.9 Å². The molecule has 112 valence electrons. The van der Waals surface area contributed by atoms with Crippen molar-refractivity contribution < 1.29 is 13.7 Å². The summed E-state index contributed by atoms with van der Waals surface area (Å²) in [6.45, 7) is 6.15. The van der Waals surface area contributed by atoms with Gasteiger partial charge in [-0.25, -0.2) is 0 Å². The molecule has 0 bridgehead atoms. The Kier molecular flexibility index (Phi) is 6.36. The number of ether oxygens (including phenoxy) is 1. The summed E-state index contributed by atoms with van der Waals surface area (Å²) in [5.41, 5.74) is 0.810. The van der Waals surface area contributed by atoms with Gasteiger partial charge < -0.3 is 10.1 Å². The van der Waals surface area contributed by atoms with E-state index in [0.717, 1.165) is 5.56 Å². The quantitative estimate of drug-likeness (QED) is 0.874. The largest absolute Gasteiger partial charge is 0.367 e. The van der Waals surface area contributed by atoms with Crippen LogP contribution in [0.2, 0.25) is 0 Å². The Morgan fingerprint density at radius 2 is 1.90 bits per heavy atom. The zero-order valence-electron chi connectivity index (χ0n) is 12.5. The molecule has 1 aromatic carbocycles. The minimum atomic E-state index is -0.969. The second kappa shape index (κ2) is 7.55. The van der Waals surface area contributed by atoms with E-state index in [0.29, 0.717) is 12.3 Å². The lowest BCUT2D eigenvalue weighted by atomic mass is 10.1. The molecule has 4 nitrogen and oxygen atoms in total. The standard InChI is InChI=1S/C15H23NO3S/c1-15(2,3)20(18)11-10-16-14(17)13(19-4)12-8-6-5-7-9-12/h5-9,13H,10-11H2,1-4H3,(H,16,17)/t13-,20-/m1/s1. The maximum absolute atomic E-state index is 12.1. The van der Waals surface area contributed by atoms with Crippen molar-refractivity contribution in [3.63, 3.8) is 0 Å². The third-order valence-corrected chi connectivity index (χ3v) is 4.79. The molecule has 1 aromatic rings. The van der Waals surface area contributed by atoms with E-state index in [4.69, 9.17) is 4.74 Å². The minimum absolute atomic E-state index is 0.204. The first-order valence-electron chi connectivity index (χ1n) is 6.60. The Labute approximate surface area is 123 Å². The van der Waals surface area contributed by atoms with Gasteiger partial charge in [0.15, 0.2) is 6.10 Å². The van der Waals surface area contributed by atoms with E-state index in [-0.39, 0.29) is 10.7 Å². The summed E-state index contributed by atoms with van der Waals surface area (Å²) in [5.74, 6) is 0.241. The Bertz CT molecular complexity index is 454. The van der Waals surface area contributed by atoms with E-state index < -0.39 is 16.9 Å². The van der Waals surface area contributed by atoms with E-state index in [2.05, 4.69) is 5.32 Å². The number of nitrogens with one attached hydrogen (secondary N) is 1. The highest BCUT2D eigenvalue weighted by Gasteiger charge is 2.21. The first-order valence-corrected chi connectivity index (χ1v) is 7.92. The lowest BCUT2D eigenvalue weighted by Gasteiger charge is -2.19. The van der Waals surface area contributed by atoms with Crippen LogP contribution < -0.4 is 5.32 Å². The monoisotopic (exact) mass is 297 g/mol. The SMILES string of the molecule is CO[C@@H](C(=O)NCC[S@@](=O)C(C)(C)C)c1ccccc1. The number of benzene rings is 1. The van der Waals surface area contributed by atoms with Gasteiger partial charge in [-0.05, 0) is 26.3 Å². The van der Waals surface area contributed by atoms with Crippen LogP contribution in [0.25, 0.3) is 0 Å². The van der Waals surface area contributed by atoms with Gasteiger partial charge in [0.2, 0.25) is 0 Å². The molecule has 1 amide bonds. The Balaban J connectivity index is 2.52. The number of methoxy groups -OCH3 is 1. The smallest absolute Gasteiger partial charge is 0.253 e. The summed E-state index contributed by atoms with van der Waals surface area (Å²) < 4.78 is 16.9. The van der Waals surface area contributed by atoms with Gasteiger partial charge in [-0.1, -0.05) is 30.3 Å². The molecule has 1 N–H and O–H groups in total. The number of rotatable bonds is 6. The zero-order valence-corrected chi connectivity index (χ0v) is 13.3. The molecule has 1 rings (SSSR count). The van der Waals surface area contributed by atoms with E-state index in [9.17, 15) is 9.00 Å². The van der Waals surface area contributed by atoms with Crippen LogP contribution in [0.5, 0.6) is 0 Å². The van der Waals surface area contributed by atoms with Gasteiger partial charge in [-0.15, -0.1) is 0 Å². The lowest BCUT2D eigenvalue weighted by Crippen LogP contribution is -2.35. The van der Waals surface area contributed by atoms with Gasteiger partial charge >= 0.3 is 0 Å². The Morgan fingerprint density at radius 1 is 1.30 bits per heavy atom. The molecule has 0 aromatic heterocycles. The summed E-state index contributed by atoms with van der Waals surface area (Å²) in [6, 6.07) is 9.31. The molecule has 20 heavy (non-hydrogen) atoms. The summed E-state index contributed by atoms with van der Waals surface area (Å²) in [4.78, 5) is 12.1. The normalized spacial score (nSPS) is 14.6. The first-order chi connectivity index (χ1) is 9.36. The predicted octanol–water partition coefficient (Wildman–Crippen LogP) is 2.04. The molecule has 2 atom stereocenters. The van der Waals surface area contributed by atoms with Crippen molar-refractivity contribution in [1.82, 2.24) is 5.32 Å². The topological polar surface area (TPSA) is 55.4 Å². The highest BCUT2D eigenvalue weighted by molar-refractivity contribution is 7.86. The van der Waals surface area contributed by atoms with Crippen LogP contribution in [0, 0.1) is 0 Å². The van der Waals surface area contributed by atoms with Crippen molar-refractivity contribution >= 4 is 16.7 Å². The van der Waals surface area contributed by atoms with Crippen LogP contribution in [0.4, 0.5) is 0 Å². The number of carbonyl (C=O) groups excluding carboxylic acids is 1. The van der Waals surface area contributed by atoms with E-state index >= 15 is 0 Å². The van der Waals surface area contributed by atoms with Gasteiger partial charge in [0.05, 0.1) is 0 Å². The molecular formula is C15H23NO3S. The van der Waals surface area contributed by atoms with Gasteiger partial charge in [-0.2, -0.15) is 0 Å². The predicted molar refractivity (Wildman–Crippen MR) is 82.0 cm³/mol. The fraction of sp³-hybridized carbons (Fsp3) is 0.533. The van der Waals surface area contributed by atoms with Crippen LogP contribution in [0.15, 0.2) is 30.3 Å². The van der Waals surface area contributed by atoms with Gasteiger partial charge in [0, 0.05) is 35.0 Å². The Morgan fingerprint density at radius 3 is 2.40 bits per heavy atom.